The zero-order chi connectivity index (χ0) is 14.2. The van der Waals surface area contributed by atoms with Crippen LogP contribution in [0.5, 0.6) is 0 Å². The van der Waals surface area contributed by atoms with Crippen molar-refractivity contribution in [2.45, 2.75) is 56.9 Å². The van der Waals surface area contributed by atoms with Crippen LogP contribution in [0.3, 0.4) is 0 Å². The van der Waals surface area contributed by atoms with Crippen molar-refractivity contribution in [1.82, 2.24) is 15.5 Å². The van der Waals surface area contributed by atoms with E-state index in [4.69, 9.17) is 4.42 Å². The highest BCUT2D eigenvalue weighted by Gasteiger charge is 2.32. The van der Waals surface area contributed by atoms with Gasteiger partial charge in [-0.3, -0.25) is 4.79 Å². The molecule has 114 valence electrons. The number of rotatable bonds is 4. The Labute approximate surface area is 124 Å². The number of hydrogen-bond donors (Lipinski definition) is 1. The number of nitrogens with zero attached hydrogens (tertiary/aromatic N) is 3. The number of anilines is 1. The van der Waals surface area contributed by atoms with E-state index >= 15 is 0 Å². The Kier molecular flexibility index (Phi) is 3.31. The lowest BCUT2D eigenvalue weighted by Crippen LogP contribution is -2.50. The van der Waals surface area contributed by atoms with Gasteiger partial charge in [0.2, 0.25) is 11.8 Å². The fraction of sp³-hybridized carbons (Fsp3) is 0.800. The Bertz CT molecular complexity index is 521. The molecule has 0 unspecified atom stereocenters. The molecular weight excluding hydrogens is 268 g/mol. The van der Waals surface area contributed by atoms with Gasteiger partial charge in [0.1, 0.15) is 0 Å². The first kappa shape index (κ1) is 13.1. The lowest BCUT2D eigenvalue weighted by atomic mass is 9.84. The Morgan fingerprint density at radius 2 is 2.00 bits per heavy atom. The molecule has 0 aromatic carbocycles. The van der Waals surface area contributed by atoms with Gasteiger partial charge in [0.25, 0.3) is 0 Å². The normalized spacial score (nSPS) is 26.5. The Balaban J connectivity index is 1.36. The third kappa shape index (κ3) is 2.76. The summed E-state index contributed by atoms with van der Waals surface area (Å²) >= 11 is 0. The number of aromatic nitrogens is 2. The number of nitrogens with one attached hydrogen (secondary N) is 1. The van der Waals surface area contributed by atoms with Crippen LogP contribution in [0.4, 0.5) is 6.01 Å². The topological polar surface area (TPSA) is 71.3 Å². The van der Waals surface area contributed by atoms with E-state index in [0.29, 0.717) is 11.9 Å². The van der Waals surface area contributed by atoms with Gasteiger partial charge < -0.3 is 14.6 Å². The van der Waals surface area contributed by atoms with Gasteiger partial charge in [0.15, 0.2) is 0 Å². The standard InChI is InChI=1S/C15H22N4O2/c20-13(10-3-1-4-10)16-12-5-2-8-19(9-12)15-18-17-14(21-15)11-6-7-11/h10-12H,1-9H2,(H,16,20)/t12-/m0/s1. The van der Waals surface area contributed by atoms with Gasteiger partial charge in [-0.15, -0.1) is 5.10 Å². The second kappa shape index (κ2) is 5.31. The Hall–Kier alpha value is -1.59. The minimum Gasteiger partial charge on any atom is -0.408 e. The molecule has 0 spiro atoms. The molecule has 1 amide bonds. The monoisotopic (exact) mass is 290 g/mol. The summed E-state index contributed by atoms with van der Waals surface area (Å²) in [5, 5.41) is 11.5. The summed E-state index contributed by atoms with van der Waals surface area (Å²) in [4.78, 5) is 14.2. The van der Waals surface area contributed by atoms with Crippen molar-refractivity contribution in [1.29, 1.82) is 0 Å². The summed E-state index contributed by atoms with van der Waals surface area (Å²) in [7, 11) is 0. The van der Waals surface area contributed by atoms with E-state index in [9.17, 15) is 4.79 Å². The molecule has 1 N–H and O–H groups in total. The second-order valence-electron chi connectivity index (χ2n) is 6.62. The van der Waals surface area contributed by atoms with Crippen molar-refractivity contribution in [3.8, 4) is 0 Å². The Morgan fingerprint density at radius 3 is 2.71 bits per heavy atom. The van der Waals surface area contributed by atoms with Gasteiger partial charge in [-0.2, -0.15) is 0 Å². The molecule has 2 heterocycles. The average Bonchev–Trinajstić information content (AvgIpc) is 3.15. The van der Waals surface area contributed by atoms with Crippen molar-refractivity contribution in [2.75, 3.05) is 18.0 Å². The van der Waals surface area contributed by atoms with E-state index in [1.165, 1.54) is 19.3 Å². The summed E-state index contributed by atoms with van der Waals surface area (Å²) in [5.74, 6) is 1.76. The van der Waals surface area contributed by atoms with Gasteiger partial charge in [-0.25, -0.2) is 0 Å². The number of hydrogen-bond acceptors (Lipinski definition) is 5. The highest BCUT2D eigenvalue weighted by molar-refractivity contribution is 5.79. The van der Waals surface area contributed by atoms with Gasteiger partial charge >= 0.3 is 6.01 Å². The van der Waals surface area contributed by atoms with Crippen LogP contribution in [0.1, 0.15) is 56.8 Å². The van der Waals surface area contributed by atoms with Crippen LogP contribution in [-0.2, 0) is 4.79 Å². The smallest absolute Gasteiger partial charge is 0.318 e. The van der Waals surface area contributed by atoms with Crippen LogP contribution >= 0.6 is 0 Å². The quantitative estimate of drug-likeness (QED) is 0.916. The van der Waals surface area contributed by atoms with Crippen molar-refractivity contribution < 1.29 is 9.21 Å². The van der Waals surface area contributed by atoms with E-state index in [2.05, 4.69) is 20.4 Å². The maximum Gasteiger partial charge on any atom is 0.318 e. The van der Waals surface area contributed by atoms with E-state index in [1.807, 2.05) is 0 Å². The summed E-state index contributed by atoms with van der Waals surface area (Å²) in [6.45, 7) is 1.72. The number of amides is 1. The summed E-state index contributed by atoms with van der Waals surface area (Å²) in [5.41, 5.74) is 0. The molecule has 0 bridgehead atoms. The molecule has 4 rings (SSSR count). The molecule has 3 aliphatic rings. The predicted molar refractivity (Wildman–Crippen MR) is 77.0 cm³/mol. The number of carbonyl (C=O) groups is 1. The molecule has 21 heavy (non-hydrogen) atoms. The summed E-state index contributed by atoms with van der Waals surface area (Å²) in [6.07, 6.45) is 7.73. The maximum atomic E-state index is 12.1. The predicted octanol–water partition coefficient (Wildman–Crippen LogP) is 1.83. The minimum atomic E-state index is 0.211. The van der Waals surface area contributed by atoms with Crippen LogP contribution in [0.15, 0.2) is 4.42 Å². The van der Waals surface area contributed by atoms with Gasteiger partial charge in [-0.1, -0.05) is 11.5 Å². The highest BCUT2D eigenvalue weighted by atomic mass is 16.4. The molecule has 1 atom stereocenters. The van der Waals surface area contributed by atoms with Crippen LogP contribution in [0.25, 0.3) is 0 Å². The van der Waals surface area contributed by atoms with E-state index in [1.54, 1.807) is 0 Å². The first-order chi connectivity index (χ1) is 10.3. The Morgan fingerprint density at radius 1 is 1.14 bits per heavy atom. The van der Waals surface area contributed by atoms with E-state index in [-0.39, 0.29) is 17.9 Å². The zero-order valence-electron chi connectivity index (χ0n) is 12.3. The van der Waals surface area contributed by atoms with Crippen LogP contribution in [0.2, 0.25) is 0 Å². The van der Waals surface area contributed by atoms with E-state index in [0.717, 1.165) is 44.7 Å². The van der Waals surface area contributed by atoms with Crippen molar-refractivity contribution in [3.05, 3.63) is 5.89 Å². The van der Waals surface area contributed by atoms with E-state index < -0.39 is 0 Å². The third-order valence-electron chi connectivity index (χ3n) is 4.87. The largest absolute Gasteiger partial charge is 0.408 e. The molecule has 1 aromatic heterocycles. The SMILES string of the molecule is O=C(N[C@H]1CCCN(c2nnc(C3CC3)o2)C1)C1CCC1. The summed E-state index contributed by atoms with van der Waals surface area (Å²) in [6, 6.07) is 0.836. The second-order valence-corrected chi connectivity index (χ2v) is 6.62. The van der Waals surface area contributed by atoms with Gasteiger partial charge in [-0.05, 0) is 38.5 Å². The van der Waals surface area contributed by atoms with Crippen LogP contribution in [-0.4, -0.2) is 35.2 Å². The lowest BCUT2D eigenvalue weighted by Gasteiger charge is -2.34. The fourth-order valence-corrected chi connectivity index (χ4v) is 3.11. The first-order valence-electron chi connectivity index (χ1n) is 8.18. The number of piperidine rings is 1. The molecule has 1 aliphatic heterocycles. The molecule has 3 fully saturated rings. The molecular formula is C15H22N4O2. The van der Waals surface area contributed by atoms with Crippen molar-refractivity contribution in [2.24, 2.45) is 5.92 Å². The van der Waals surface area contributed by atoms with Crippen LogP contribution < -0.4 is 10.2 Å². The molecule has 2 saturated carbocycles. The third-order valence-corrected chi connectivity index (χ3v) is 4.87. The molecule has 1 saturated heterocycles. The average molecular weight is 290 g/mol. The van der Waals surface area contributed by atoms with Crippen molar-refractivity contribution >= 4 is 11.9 Å². The molecule has 6 nitrogen and oxygen atoms in total. The van der Waals surface area contributed by atoms with Gasteiger partial charge in [0, 0.05) is 31.0 Å². The molecule has 2 aliphatic carbocycles. The zero-order valence-corrected chi connectivity index (χ0v) is 12.3. The van der Waals surface area contributed by atoms with Gasteiger partial charge in [0.05, 0.1) is 0 Å². The minimum absolute atomic E-state index is 0.211. The first-order valence-corrected chi connectivity index (χ1v) is 8.18. The highest BCUT2D eigenvalue weighted by Crippen LogP contribution is 2.40. The number of carbonyl (C=O) groups excluding carboxylic acids is 1. The lowest BCUT2D eigenvalue weighted by molar-refractivity contribution is -0.128. The molecule has 1 aromatic rings. The van der Waals surface area contributed by atoms with Crippen molar-refractivity contribution in [3.63, 3.8) is 0 Å². The maximum absolute atomic E-state index is 12.1. The summed E-state index contributed by atoms with van der Waals surface area (Å²) < 4.78 is 5.77. The van der Waals surface area contributed by atoms with Crippen LogP contribution in [0, 0.1) is 5.92 Å². The molecule has 6 heteroatoms. The molecule has 0 radical (unpaired) electrons. The fourth-order valence-electron chi connectivity index (χ4n) is 3.11.